The molecule has 6 heteroatoms. The third kappa shape index (κ3) is 2.54. The van der Waals surface area contributed by atoms with Crippen molar-refractivity contribution >= 4 is 10.0 Å². The minimum atomic E-state index is -3.42. The lowest BCUT2D eigenvalue weighted by Gasteiger charge is -2.26. The third-order valence-corrected chi connectivity index (χ3v) is 5.89. The van der Waals surface area contributed by atoms with E-state index in [9.17, 15) is 8.42 Å². The van der Waals surface area contributed by atoms with E-state index in [1.807, 2.05) is 18.4 Å². The maximum atomic E-state index is 12.5. The fourth-order valence-corrected chi connectivity index (χ4v) is 3.99. The van der Waals surface area contributed by atoms with Crippen LogP contribution < -0.4 is 0 Å². The van der Waals surface area contributed by atoms with Gasteiger partial charge in [0.2, 0.25) is 0 Å². The quantitative estimate of drug-likeness (QED) is 0.804. The molecule has 1 aliphatic heterocycles. The molecule has 2 aliphatic rings. The predicted molar refractivity (Wildman–Crippen MR) is 76.9 cm³/mol. The molecule has 2 heterocycles. The van der Waals surface area contributed by atoms with Gasteiger partial charge >= 0.3 is 0 Å². The lowest BCUT2D eigenvalue weighted by atomic mass is 10.1. The van der Waals surface area contributed by atoms with E-state index in [2.05, 4.69) is 4.98 Å². The van der Waals surface area contributed by atoms with Crippen molar-refractivity contribution in [2.45, 2.75) is 50.6 Å². The maximum absolute atomic E-state index is 12.5. The minimum absolute atomic E-state index is 0.175. The molecule has 1 aromatic heterocycles. The summed E-state index contributed by atoms with van der Waals surface area (Å²) in [6, 6.07) is 0.221. The molecule has 1 aromatic rings. The second-order valence-corrected chi connectivity index (χ2v) is 7.75. The first kappa shape index (κ1) is 13.8. The number of sulfonamides is 1. The van der Waals surface area contributed by atoms with Gasteiger partial charge in [0.05, 0.1) is 6.33 Å². The Labute approximate surface area is 120 Å². The maximum Gasteiger partial charge on any atom is 0.262 e. The SMILES string of the molecule is CC(C)n1cnc(S(=O)(=O)N2CCC(=C3CC3)CC2)c1. The summed E-state index contributed by atoms with van der Waals surface area (Å²) in [6.45, 7) is 5.20. The molecule has 5 nitrogen and oxygen atoms in total. The first-order valence-corrected chi connectivity index (χ1v) is 8.66. The Bertz CT molecular complexity index is 627. The number of aromatic nitrogens is 2. The Morgan fingerprint density at radius 2 is 1.70 bits per heavy atom. The Hall–Kier alpha value is -1.14. The average molecular weight is 295 g/mol. The number of rotatable bonds is 3. The molecule has 0 amide bonds. The second kappa shape index (κ2) is 5.00. The highest BCUT2D eigenvalue weighted by molar-refractivity contribution is 7.89. The van der Waals surface area contributed by atoms with Crippen molar-refractivity contribution in [1.29, 1.82) is 0 Å². The molecule has 3 rings (SSSR count). The predicted octanol–water partition coefficient (Wildman–Crippen LogP) is 2.34. The highest BCUT2D eigenvalue weighted by atomic mass is 32.2. The molecule has 2 fully saturated rings. The first-order valence-electron chi connectivity index (χ1n) is 7.22. The molecule has 0 atom stereocenters. The number of nitrogens with zero attached hydrogens (tertiary/aromatic N) is 3. The lowest BCUT2D eigenvalue weighted by Crippen LogP contribution is -2.36. The van der Waals surface area contributed by atoms with Crippen LogP contribution in [0.3, 0.4) is 0 Å². The van der Waals surface area contributed by atoms with Gasteiger partial charge in [-0.15, -0.1) is 0 Å². The van der Waals surface area contributed by atoms with Crippen LogP contribution in [0, 0.1) is 0 Å². The Morgan fingerprint density at radius 3 is 2.20 bits per heavy atom. The van der Waals surface area contributed by atoms with Crippen LogP contribution in [-0.4, -0.2) is 35.4 Å². The van der Waals surface area contributed by atoms with Crippen LogP contribution in [0.1, 0.15) is 45.6 Å². The molecular formula is C14H21N3O2S. The van der Waals surface area contributed by atoms with Crippen molar-refractivity contribution in [1.82, 2.24) is 13.9 Å². The molecule has 0 spiro atoms. The fourth-order valence-electron chi connectivity index (χ4n) is 2.63. The molecule has 1 aliphatic carbocycles. The zero-order chi connectivity index (χ0) is 14.3. The van der Waals surface area contributed by atoms with E-state index in [0.29, 0.717) is 13.1 Å². The summed E-state index contributed by atoms with van der Waals surface area (Å²) in [5.74, 6) is 0. The van der Waals surface area contributed by atoms with Gasteiger partial charge in [-0.3, -0.25) is 0 Å². The second-order valence-electron chi connectivity index (χ2n) is 5.86. The summed E-state index contributed by atoms with van der Waals surface area (Å²) >= 11 is 0. The van der Waals surface area contributed by atoms with Gasteiger partial charge in [-0.1, -0.05) is 11.1 Å². The molecular weight excluding hydrogens is 274 g/mol. The highest BCUT2D eigenvalue weighted by Crippen LogP contribution is 2.36. The van der Waals surface area contributed by atoms with Crippen molar-refractivity contribution in [3.8, 4) is 0 Å². The molecule has 110 valence electrons. The lowest BCUT2D eigenvalue weighted by molar-refractivity contribution is 0.384. The number of imidazole rings is 1. The van der Waals surface area contributed by atoms with E-state index in [0.717, 1.165) is 12.8 Å². The topological polar surface area (TPSA) is 55.2 Å². The zero-order valence-corrected chi connectivity index (χ0v) is 12.9. The molecule has 1 saturated carbocycles. The summed E-state index contributed by atoms with van der Waals surface area (Å²) in [4.78, 5) is 4.07. The monoisotopic (exact) mass is 295 g/mol. The van der Waals surface area contributed by atoms with E-state index in [1.54, 1.807) is 22.4 Å². The number of piperidine rings is 1. The molecule has 20 heavy (non-hydrogen) atoms. The Kier molecular flexibility index (Phi) is 3.46. The van der Waals surface area contributed by atoms with E-state index >= 15 is 0 Å². The zero-order valence-electron chi connectivity index (χ0n) is 12.0. The Balaban J connectivity index is 1.76. The third-order valence-electron chi connectivity index (χ3n) is 4.10. The summed E-state index contributed by atoms with van der Waals surface area (Å²) in [6.07, 6.45) is 7.45. The van der Waals surface area contributed by atoms with E-state index in [1.165, 1.54) is 18.4 Å². The molecule has 0 bridgehead atoms. The number of hydrogen-bond acceptors (Lipinski definition) is 3. The van der Waals surface area contributed by atoms with Crippen molar-refractivity contribution in [3.63, 3.8) is 0 Å². The van der Waals surface area contributed by atoms with Crippen LogP contribution >= 0.6 is 0 Å². The van der Waals surface area contributed by atoms with Crippen LogP contribution in [0.4, 0.5) is 0 Å². The normalized spacial score (nSPS) is 20.8. The van der Waals surface area contributed by atoms with Gasteiger partial charge in [-0.2, -0.15) is 4.31 Å². The van der Waals surface area contributed by atoms with Crippen LogP contribution in [-0.2, 0) is 10.0 Å². The van der Waals surface area contributed by atoms with Crippen molar-refractivity contribution in [3.05, 3.63) is 23.7 Å². The number of allylic oxidation sites excluding steroid dienone is 1. The molecule has 0 unspecified atom stereocenters. The van der Waals surface area contributed by atoms with Crippen LogP contribution in [0.25, 0.3) is 0 Å². The van der Waals surface area contributed by atoms with Gasteiger partial charge in [0, 0.05) is 25.3 Å². The van der Waals surface area contributed by atoms with Crippen molar-refractivity contribution in [2.24, 2.45) is 0 Å². The van der Waals surface area contributed by atoms with Gasteiger partial charge < -0.3 is 4.57 Å². The summed E-state index contributed by atoms with van der Waals surface area (Å²) in [5, 5.41) is 0.175. The molecule has 0 aromatic carbocycles. The van der Waals surface area contributed by atoms with Gasteiger partial charge in [-0.05, 0) is 39.5 Å². The summed E-state index contributed by atoms with van der Waals surface area (Å²) < 4.78 is 28.5. The summed E-state index contributed by atoms with van der Waals surface area (Å²) in [5.41, 5.74) is 3.05. The Morgan fingerprint density at radius 1 is 1.10 bits per heavy atom. The fraction of sp³-hybridized carbons (Fsp3) is 0.643. The van der Waals surface area contributed by atoms with Gasteiger partial charge in [0.25, 0.3) is 10.0 Å². The summed E-state index contributed by atoms with van der Waals surface area (Å²) in [7, 11) is -3.42. The van der Waals surface area contributed by atoms with Gasteiger partial charge in [0.15, 0.2) is 5.03 Å². The van der Waals surface area contributed by atoms with Crippen LogP contribution in [0.2, 0.25) is 0 Å². The van der Waals surface area contributed by atoms with Gasteiger partial charge in [-0.25, -0.2) is 13.4 Å². The van der Waals surface area contributed by atoms with Crippen LogP contribution in [0.15, 0.2) is 28.7 Å². The largest absolute Gasteiger partial charge is 0.334 e. The van der Waals surface area contributed by atoms with Gasteiger partial charge in [0.1, 0.15) is 0 Å². The minimum Gasteiger partial charge on any atom is -0.334 e. The van der Waals surface area contributed by atoms with E-state index in [-0.39, 0.29) is 11.1 Å². The molecule has 1 saturated heterocycles. The van der Waals surface area contributed by atoms with Crippen LogP contribution in [0.5, 0.6) is 0 Å². The average Bonchev–Trinajstić information content (AvgIpc) is 3.14. The number of hydrogen-bond donors (Lipinski definition) is 0. The smallest absolute Gasteiger partial charge is 0.262 e. The molecule has 0 N–H and O–H groups in total. The first-order chi connectivity index (χ1) is 9.48. The van der Waals surface area contributed by atoms with E-state index < -0.39 is 10.0 Å². The van der Waals surface area contributed by atoms with E-state index in [4.69, 9.17) is 0 Å². The highest BCUT2D eigenvalue weighted by Gasteiger charge is 2.31. The standard InChI is InChI=1S/C14H21N3O2S/c1-11(2)16-9-14(15-10-16)20(18,19)17-7-5-13(6-8-17)12-3-4-12/h9-11H,3-8H2,1-2H3. The molecule has 0 radical (unpaired) electrons. The van der Waals surface area contributed by atoms with Crippen molar-refractivity contribution < 1.29 is 8.42 Å². The van der Waals surface area contributed by atoms with Crippen molar-refractivity contribution in [2.75, 3.05) is 13.1 Å².